The first kappa shape index (κ1) is 12.0. The molecule has 0 bridgehead atoms. The summed E-state index contributed by atoms with van der Waals surface area (Å²) in [7, 11) is 0. The van der Waals surface area contributed by atoms with Crippen LogP contribution in [0.4, 0.5) is 0 Å². The second-order valence-corrected chi connectivity index (χ2v) is 5.57. The zero-order valence-corrected chi connectivity index (χ0v) is 10.3. The summed E-state index contributed by atoms with van der Waals surface area (Å²) < 4.78 is 2.74. The summed E-state index contributed by atoms with van der Waals surface area (Å²) in [6.45, 7) is 6.38. The molecule has 1 aromatic heterocycles. The van der Waals surface area contributed by atoms with Gasteiger partial charge in [-0.25, -0.2) is 0 Å². The molecule has 0 unspecified atom stereocenters. The summed E-state index contributed by atoms with van der Waals surface area (Å²) in [6, 6.07) is 2.13. The van der Waals surface area contributed by atoms with Crippen LogP contribution in [0.2, 0.25) is 0 Å². The number of aryl methyl sites for hydroxylation is 1. The Balaban J connectivity index is 2.80. The van der Waals surface area contributed by atoms with E-state index in [1.165, 1.54) is 11.5 Å². The van der Waals surface area contributed by atoms with Crippen molar-refractivity contribution >= 4 is 11.5 Å². The van der Waals surface area contributed by atoms with Crippen LogP contribution in [0.15, 0.2) is 6.20 Å². The van der Waals surface area contributed by atoms with Crippen LogP contribution in [-0.2, 0) is 12.0 Å². The SMILES string of the molecule is CC(C)(C)n1cc(CCCC#N)c(=N)s1. The minimum absolute atomic E-state index is 0.0495. The second kappa shape index (κ2) is 4.63. The molecule has 0 aliphatic carbocycles. The Kier molecular flexibility index (Phi) is 3.70. The van der Waals surface area contributed by atoms with Crippen molar-refractivity contribution < 1.29 is 0 Å². The van der Waals surface area contributed by atoms with E-state index in [4.69, 9.17) is 10.7 Å². The van der Waals surface area contributed by atoms with Gasteiger partial charge in [-0.15, -0.1) is 0 Å². The summed E-state index contributed by atoms with van der Waals surface area (Å²) in [5, 5.41) is 16.3. The normalized spacial score (nSPS) is 11.3. The van der Waals surface area contributed by atoms with E-state index in [9.17, 15) is 0 Å². The molecule has 0 aromatic carbocycles. The maximum atomic E-state index is 8.45. The molecule has 82 valence electrons. The molecule has 0 aliphatic heterocycles. The summed E-state index contributed by atoms with van der Waals surface area (Å²) in [4.78, 5) is 0. The fourth-order valence-electron chi connectivity index (χ4n) is 1.25. The Morgan fingerprint density at radius 2 is 2.20 bits per heavy atom. The number of nitriles is 1. The number of nitrogens with one attached hydrogen (secondary N) is 1. The number of aromatic nitrogens is 1. The lowest BCUT2D eigenvalue weighted by Gasteiger charge is -2.19. The van der Waals surface area contributed by atoms with Gasteiger partial charge >= 0.3 is 0 Å². The van der Waals surface area contributed by atoms with Crippen molar-refractivity contribution in [2.75, 3.05) is 0 Å². The Bertz CT molecular complexity index is 414. The van der Waals surface area contributed by atoms with Gasteiger partial charge in [0.1, 0.15) is 4.67 Å². The average Bonchev–Trinajstić information content (AvgIpc) is 2.48. The van der Waals surface area contributed by atoms with Crippen LogP contribution in [0.25, 0.3) is 0 Å². The highest BCUT2D eigenvalue weighted by Crippen LogP contribution is 2.17. The van der Waals surface area contributed by atoms with Gasteiger partial charge in [-0.1, -0.05) is 0 Å². The van der Waals surface area contributed by atoms with Gasteiger partial charge in [0.05, 0.1) is 6.07 Å². The van der Waals surface area contributed by atoms with Gasteiger partial charge in [0, 0.05) is 23.7 Å². The van der Waals surface area contributed by atoms with Crippen molar-refractivity contribution in [3.63, 3.8) is 0 Å². The van der Waals surface area contributed by atoms with Gasteiger partial charge in [0.15, 0.2) is 0 Å². The minimum atomic E-state index is 0.0495. The van der Waals surface area contributed by atoms with Crippen LogP contribution in [0.1, 0.15) is 39.2 Å². The molecule has 4 heteroatoms. The maximum absolute atomic E-state index is 8.45. The molecule has 1 aromatic rings. The molecule has 1 N–H and O–H groups in total. The van der Waals surface area contributed by atoms with Gasteiger partial charge in [-0.3, -0.25) is 9.37 Å². The lowest BCUT2D eigenvalue weighted by atomic mass is 10.1. The highest BCUT2D eigenvalue weighted by molar-refractivity contribution is 7.03. The summed E-state index contributed by atoms with van der Waals surface area (Å²) in [5.41, 5.74) is 1.11. The zero-order chi connectivity index (χ0) is 11.5. The molecular formula is C11H17N3S. The molecule has 0 saturated carbocycles. The number of rotatable bonds is 3. The molecule has 0 aliphatic rings. The quantitative estimate of drug-likeness (QED) is 0.787. The molecule has 1 rings (SSSR count). The van der Waals surface area contributed by atoms with Gasteiger partial charge in [0.25, 0.3) is 0 Å². The first-order chi connectivity index (χ1) is 6.95. The van der Waals surface area contributed by atoms with Crippen molar-refractivity contribution in [1.82, 2.24) is 3.96 Å². The average molecular weight is 223 g/mol. The Labute approximate surface area is 94.6 Å². The zero-order valence-electron chi connectivity index (χ0n) is 9.50. The highest BCUT2D eigenvalue weighted by Gasteiger charge is 2.14. The van der Waals surface area contributed by atoms with Crippen LogP contribution in [-0.4, -0.2) is 3.96 Å². The van der Waals surface area contributed by atoms with Gasteiger partial charge in [0.2, 0.25) is 0 Å². The third-order valence-electron chi connectivity index (χ3n) is 2.15. The predicted octanol–water partition coefficient (Wildman–Crippen LogP) is 2.63. The van der Waals surface area contributed by atoms with E-state index >= 15 is 0 Å². The van der Waals surface area contributed by atoms with Crippen molar-refractivity contribution in [2.45, 2.75) is 45.6 Å². The molecule has 0 radical (unpaired) electrons. The third kappa shape index (κ3) is 3.21. The molecule has 0 atom stereocenters. The molecule has 1 heterocycles. The van der Waals surface area contributed by atoms with Crippen molar-refractivity contribution in [1.29, 1.82) is 10.7 Å². The molecular weight excluding hydrogens is 206 g/mol. The van der Waals surface area contributed by atoms with E-state index < -0.39 is 0 Å². The molecule has 15 heavy (non-hydrogen) atoms. The van der Waals surface area contributed by atoms with Crippen LogP contribution in [0.5, 0.6) is 0 Å². The fraction of sp³-hybridized carbons (Fsp3) is 0.636. The fourth-order valence-corrected chi connectivity index (χ4v) is 2.17. The van der Waals surface area contributed by atoms with Crippen molar-refractivity contribution in [3.8, 4) is 6.07 Å². The molecule has 0 spiro atoms. The van der Waals surface area contributed by atoms with Crippen LogP contribution in [0, 0.1) is 16.7 Å². The third-order valence-corrected chi connectivity index (χ3v) is 3.44. The van der Waals surface area contributed by atoms with Crippen LogP contribution in [0.3, 0.4) is 0 Å². The number of hydrogen-bond donors (Lipinski definition) is 1. The standard InChI is InChI=1S/C11H17N3S/c1-11(2,3)14-8-9(10(13)15-14)6-4-5-7-12/h8,13H,4-6H2,1-3H3. The summed E-state index contributed by atoms with van der Waals surface area (Å²) in [6.07, 6.45) is 4.31. The first-order valence-corrected chi connectivity index (χ1v) is 5.86. The first-order valence-electron chi connectivity index (χ1n) is 5.09. The summed E-state index contributed by atoms with van der Waals surface area (Å²) >= 11 is 1.48. The van der Waals surface area contributed by atoms with Gasteiger partial charge in [-0.05, 0) is 45.1 Å². The van der Waals surface area contributed by atoms with Gasteiger partial charge < -0.3 is 0 Å². The minimum Gasteiger partial charge on any atom is -0.298 e. The Morgan fingerprint density at radius 3 is 2.67 bits per heavy atom. The number of unbranched alkanes of at least 4 members (excludes halogenated alkanes) is 1. The van der Waals surface area contributed by atoms with E-state index in [1.807, 2.05) is 6.20 Å². The highest BCUT2D eigenvalue weighted by atomic mass is 32.1. The topological polar surface area (TPSA) is 52.6 Å². The van der Waals surface area contributed by atoms with E-state index in [0.29, 0.717) is 11.1 Å². The van der Waals surface area contributed by atoms with E-state index in [1.54, 1.807) is 0 Å². The Morgan fingerprint density at radius 1 is 1.53 bits per heavy atom. The summed E-state index contributed by atoms with van der Waals surface area (Å²) in [5.74, 6) is 0. The largest absolute Gasteiger partial charge is 0.298 e. The Hall–Kier alpha value is -1.08. The van der Waals surface area contributed by atoms with Gasteiger partial charge in [-0.2, -0.15) is 5.26 Å². The lowest BCUT2D eigenvalue weighted by molar-refractivity contribution is 0.427. The van der Waals surface area contributed by atoms with Crippen molar-refractivity contribution in [2.24, 2.45) is 0 Å². The molecule has 3 nitrogen and oxygen atoms in total. The number of hydrogen-bond acceptors (Lipinski definition) is 3. The van der Waals surface area contributed by atoms with E-state index in [0.717, 1.165) is 18.4 Å². The van der Waals surface area contributed by atoms with E-state index in [2.05, 4.69) is 30.8 Å². The van der Waals surface area contributed by atoms with Crippen LogP contribution < -0.4 is 4.67 Å². The molecule has 0 amide bonds. The molecule has 0 saturated heterocycles. The smallest absolute Gasteiger partial charge is 0.129 e. The lowest BCUT2D eigenvalue weighted by Crippen LogP contribution is -2.18. The van der Waals surface area contributed by atoms with Crippen molar-refractivity contribution in [3.05, 3.63) is 16.4 Å². The molecule has 0 fully saturated rings. The van der Waals surface area contributed by atoms with E-state index in [-0.39, 0.29) is 5.54 Å². The monoisotopic (exact) mass is 223 g/mol. The second-order valence-electron chi connectivity index (χ2n) is 4.58. The maximum Gasteiger partial charge on any atom is 0.129 e. The predicted molar refractivity (Wildman–Crippen MR) is 61.7 cm³/mol. The number of nitrogens with zero attached hydrogens (tertiary/aromatic N) is 2. The van der Waals surface area contributed by atoms with Crippen LogP contribution >= 0.6 is 11.5 Å².